The average molecular weight is 437 g/mol. The first-order valence-electron chi connectivity index (χ1n) is 11.0. The van der Waals surface area contributed by atoms with Gasteiger partial charge in [0.25, 0.3) is 0 Å². The van der Waals surface area contributed by atoms with E-state index in [1.54, 1.807) is 6.92 Å². The van der Waals surface area contributed by atoms with Crippen molar-refractivity contribution in [1.82, 2.24) is 10.6 Å². The fourth-order valence-electron chi connectivity index (χ4n) is 4.47. The predicted octanol–water partition coefficient (Wildman–Crippen LogP) is 3.67. The van der Waals surface area contributed by atoms with Crippen molar-refractivity contribution in [1.29, 1.82) is 0 Å². The summed E-state index contributed by atoms with van der Waals surface area (Å²) >= 11 is 0. The summed E-state index contributed by atoms with van der Waals surface area (Å²) in [6.07, 6.45) is 1.15. The summed E-state index contributed by atoms with van der Waals surface area (Å²) in [5.41, 5.74) is 3.15. The van der Waals surface area contributed by atoms with Gasteiger partial charge < -0.3 is 20.5 Å². The lowest BCUT2D eigenvalue weighted by molar-refractivity contribution is -0.148. The zero-order chi connectivity index (χ0) is 22.9. The summed E-state index contributed by atoms with van der Waals surface area (Å²) in [5, 5.41) is 14.8. The number of aliphatic carboxylic acids is 1. The predicted molar refractivity (Wildman–Crippen MR) is 119 cm³/mol. The zero-order valence-electron chi connectivity index (χ0n) is 18.3. The summed E-state index contributed by atoms with van der Waals surface area (Å²) in [5.74, 6) is -1.75. The molecular weight excluding hydrogens is 408 g/mol. The fraction of sp³-hybridized carbons (Fsp3) is 0.400. The molecule has 2 aromatic rings. The number of ether oxygens (including phenoxy) is 1. The molecule has 1 saturated carbocycles. The Balaban J connectivity index is 1.39. The SMILES string of the molecule is CC[C@@H](NC(=O)OCC1c2ccccc2-c2ccccc21)C(=O)NC(C)(C(=O)O)C1CC1. The second kappa shape index (κ2) is 8.65. The monoisotopic (exact) mass is 436 g/mol. The van der Waals surface area contributed by atoms with Crippen molar-refractivity contribution in [2.75, 3.05) is 6.61 Å². The number of rotatable bonds is 8. The van der Waals surface area contributed by atoms with Crippen LogP contribution in [0.25, 0.3) is 11.1 Å². The van der Waals surface area contributed by atoms with Crippen LogP contribution in [0.2, 0.25) is 0 Å². The van der Waals surface area contributed by atoms with Crippen LogP contribution < -0.4 is 10.6 Å². The summed E-state index contributed by atoms with van der Waals surface area (Å²) in [6, 6.07) is 15.2. The Hall–Kier alpha value is -3.35. The van der Waals surface area contributed by atoms with Gasteiger partial charge in [0.15, 0.2) is 0 Å². The molecule has 1 fully saturated rings. The first-order valence-corrected chi connectivity index (χ1v) is 11.0. The second-order valence-corrected chi connectivity index (χ2v) is 8.70. The van der Waals surface area contributed by atoms with E-state index >= 15 is 0 Å². The van der Waals surface area contributed by atoms with Crippen molar-refractivity contribution in [2.45, 2.75) is 50.6 Å². The summed E-state index contributed by atoms with van der Waals surface area (Å²) < 4.78 is 5.51. The van der Waals surface area contributed by atoms with E-state index in [-0.39, 0.29) is 18.4 Å². The van der Waals surface area contributed by atoms with Crippen LogP contribution in [0.5, 0.6) is 0 Å². The van der Waals surface area contributed by atoms with E-state index < -0.39 is 29.6 Å². The molecule has 1 unspecified atom stereocenters. The number of carboxylic acid groups (broad SMARTS) is 1. The smallest absolute Gasteiger partial charge is 0.407 e. The van der Waals surface area contributed by atoms with Crippen molar-refractivity contribution < 1.29 is 24.2 Å². The molecule has 0 spiro atoms. The lowest BCUT2D eigenvalue weighted by Crippen LogP contribution is -2.59. The first-order chi connectivity index (χ1) is 15.3. The van der Waals surface area contributed by atoms with Crippen LogP contribution in [0.4, 0.5) is 4.79 Å². The molecule has 4 rings (SSSR count). The van der Waals surface area contributed by atoms with E-state index in [1.807, 2.05) is 36.4 Å². The van der Waals surface area contributed by atoms with Crippen LogP contribution in [-0.2, 0) is 14.3 Å². The van der Waals surface area contributed by atoms with Gasteiger partial charge in [-0.15, -0.1) is 0 Å². The van der Waals surface area contributed by atoms with Crippen LogP contribution in [-0.4, -0.2) is 41.3 Å². The number of amides is 2. The number of hydrogen-bond donors (Lipinski definition) is 3. The molecule has 7 nitrogen and oxygen atoms in total. The Labute approximate surface area is 187 Å². The highest BCUT2D eigenvalue weighted by Crippen LogP contribution is 2.44. The number of hydrogen-bond acceptors (Lipinski definition) is 4. The molecule has 2 atom stereocenters. The number of alkyl carbamates (subject to hydrolysis) is 1. The summed E-state index contributed by atoms with van der Waals surface area (Å²) in [6.45, 7) is 3.42. The Bertz CT molecular complexity index is 1000. The highest BCUT2D eigenvalue weighted by atomic mass is 16.5. The lowest BCUT2D eigenvalue weighted by atomic mass is 9.95. The van der Waals surface area contributed by atoms with Gasteiger partial charge >= 0.3 is 12.1 Å². The molecule has 0 aliphatic heterocycles. The van der Waals surface area contributed by atoms with Gasteiger partial charge in [0, 0.05) is 5.92 Å². The third-order valence-electron chi connectivity index (χ3n) is 6.58. The molecule has 0 heterocycles. The van der Waals surface area contributed by atoms with Gasteiger partial charge in [-0.25, -0.2) is 9.59 Å². The summed E-state index contributed by atoms with van der Waals surface area (Å²) in [4.78, 5) is 36.9. The van der Waals surface area contributed by atoms with Gasteiger partial charge in [-0.05, 0) is 54.4 Å². The first kappa shape index (κ1) is 21.9. The third-order valence-corrected chi connectivity index (χ3v) is 6.58. The Morgan fingerprint density at radius 3 is 2.12 bits per heavy atom. The van der Waals surface area contributed by atoms with Crippen LogP contribution in [0.1, 0.15) is 50.2 Å². The van der Waals surface area contributed by atoms with Crippen LogP contribution >= 0.6 is 0 Å². The highest BCUT2D eigenvalue weighted by Gasteiger charge is 2.49. The standard InChI is InChI=1S/C25H28N2O5/c1-3-21(22(28)27-25(2,23(29)30)15-12-13-15)26-24(31)32-14-20-18-10-6-4-8-16(18)17-9-5-7-11-19(17)20/h4-11,15,20-21H,3,12-14H2,1-2H3,(H,26,31)(H,27,28)(H,29,30)/t21-,25?/m1/s1. The van der Waals surface area contributed by atoms with Gasteiger partial charge in [0.2, 0.25) is 5.91 Å². The van der Waals surface area contributed by atoms with E-state index in [1.165, 1.54) is 6.92 Å². The topological polar surface area (TPSA) is 105 Å². The third kappa shape index (κ3) is 4.07. The molecular formula is C25H28N2O5. The van der Waals surface area contributed by atoms with Crippen LogP contribution in [0.15, 0.2) is 48.5 Å². The maximum absolute atomic E-state index is 12.7. The number of benzene rings is 2. The minimum Gasteiger partial charge on any atom is -0.480 e. The van der Waals surface area contributed by atoms with Crippen molar-refractivity contribution in [3.8, 4) is 11.1 Å². The molecule has 2 amide bonds. The van der Waals surface area contributed by atoms with Gasteiger partial charge in [0.1, 0.15) is 18.2 Å². The van der Waals surface area contributed by atoms with Crippen molar-refractivity contribution in [3.63, 3.8) is 0 Å². The van der Waals surface area contributed by atoms with Crippen molar-refractivity contribution in [3.05, 3.63) is 59.7 Å². The molecule has 3 N–H and O–H groups in total. The molecule has 2 aliphatic rings. The Kier molecular flexibility index (Phi) is 5.91. The minimum absolute atomic E-state index is 0.0766. The minimum atomic E-state index is -1.33. The molecule has 0 bridgehead atoms. The molecule has 32 heavy (non-hydrogen) atoms. The highest BCUT2D eigenvalue weighted by molar-refractivity contribution is 5.91. The molecule has 2 aromatic carbocycles. The van der Waals surface area contributed by atoms with Gasteiger partial charge in [-0.2, -0.15) is 0 Å². The molecule has 7 heteroatoms. The molecule has 0 radical (unpaired) electrons. The van der Waals surface area contributed by atoms with Gasteiger partial charge in [-0.3, -0.25) is 4.79 Å². The molecule has 0 saturated heterocycles. The van der Waals surface area contributed by atoms with Gasteiger partial charge in [0.05, 0.1) is 0 Å². The molecule has 168 valence electrons. The fourth-order valence-corrected chi connectivity index (χ4v) is 4.47. The maximum Gasteiger partial charge on any atom is 0.407 e. The Morgan fingerprint density at radius 2 is 1.62 bits per heavy atom. The largest absolute Gasteiger partial charge is 0.480 e. The number of fused-ring (bicyclic) bond motifs is 3. The molecule has 0 aromatic heterocycles. The number of carbonyl (C=O) groups excluding carboxylic acids is 2. The van der Waals surface area contributed by atoms with Crippen LogP contribution in [0.3, 0.4) is 0 Å². The van der Waals surface area contributed by atoms with E-state index in [4.69, 9.17) is 4.74 Å². The number of carbonyl (C=O) groups is 3. The average Bonchev–Trinajstić information content (AvgIpc) is 3.59. The van der Waals surface area contributed by atoms with E-state index in [0.717, 1.165) is 35.1 Å². The normalized spacial score (nSPS) is 17.4. The van der Waals surface area contributed by atoms with Crippen LogP contribution in [0, 0.1) is 5.92 Å². The second-order valence-electron chi connectivity index (χ2n) is 8.70. The zero-order valence-corrected chi connectivity index (χ0v) is 18.3. The summed E-state index contributed by atoms with van der Waals surface area (Å²) in [7, 11) is 0. The van der Waals surface area contributed by atoms with Gasteiger partial charge in [-0.1, -0.05) is 55.5 Å². The lowest BCUT2D eigenvalue weighted by Gasteiger charge is -2.28. The van der Waals surface area contributed by atoms with E-state index in [0.29, 0.717) is 6.42 Å². The number of nitrogens with one attached hydrogen (secondary N) is 2. The quantitative estimate of drug-likeness (QED) is 0.586. The van der Waals surface area contributed by atoms with E-state index in [9.17, 15) is 19.5 Å². The Morgan fingerprint density at radius 1 is 1.06 bits per heavy atom. The van der Waals surface area contributed by atoms with E-state index in [2.05, 4.69) is 22.8 Å². The van der Waals surface area contributed by atoms with Crippen molar-refractivity contribution in [2.24, 2.45) is 5.92 Å². The maximum atomic E-state index is 12.7. The molecule has 2 aliphatic carbocycles. The van der Waals surface area contributed by atoms with Crippen molar-refractivity contribution >= 4 is 18.0 Å². The number of carboxylic acids is 1.